The van der Waals surface area contributed by atoms with Crippen LogP contribution in [0.25, 0.3) is 0 Å². The van der Waals surface area contributed by atoms with E-state index in [9.17, 15) is 19.5 Å². The molecule has 2 aromatic carbocycles. The van der Waals surface area contributed by atoms with Gasteiger partial charge < -0.3 is 14.6 Å². The lowest BCUT2D eigenvalue weighted by Gasteiger charge is -2.16. The quantitative estimate of drug-likeness (QED) is 0.370. The van der Waals surface area contributed by atoms with E-state index in [1.165, 1.54) is 19.1 Å². The molecule has 0 bridgehead atoms. The zero-order chi connectivity index (χ0) is 22.4. The molecule has 0 radical (unpaired) electrons. The highest BCUT2D eigenvalue weighted by Gasteiger charge is 2.35. The van der Waals surface area contributed by atoms with Gasteiger partial charge in [0.25, 0.3) is 11.8 Å². The average Bonchev–Trinajstić information content (AvgIpc) is 2.93. The van der Waals surface area contributed by atoms with E-state index >= 15 is 0 Å². The Labute approximate surface area is 186 Å². The van der Waals surface area contributed by atoms with Gasteiger partial charge in [-0.3, -0.25) is 25.6 Å². The molecule has 0 spiro atoms. The smallest absolute Gasteiger partial charge is 0.301 e. The van der Waals surface area contributed by atoms with Crippen LogP contribution in [0.2, 0.25) is 10.0 Å². The highest BCUT2D eigenvalue weighted by Crippen LogP contribution is 2.28. The number of imide groups is 1. The van der Waals surface area contributed by atoms with Crippen molar-refractivity contribution >= 4 is 57.9 Å². The van der Waals surface area contributed by atoms with Gasteiger partial charge in [0.15, 0.2) is 0 Å². The predicted molar refractivity (Wildman–Crippen MR) is 112 cm³/mol. The number of benzene rings is 2. The van der Waals surface area contributed by atoms with Gasteiger partial charge in [-0.1, -0.05) is 35.3 Å². The first-order valence-electron chi connectivity index (χ1n) is 8.40. The van der Waals surface area contributed by atoms with Gasteiger partial charge in [-0.25, -0.2) is 0 Å². The molecule has 0 saturated heterocycles. The molecule has 1 aliphatic heterocycles. The summed E-state index contributed by atoms with van der Waals surface area (Å²) >= 11 is 12.5. The third-order valence-electron chi connectivity index (χ3n) is 3.77. The van der Waals surface area contributed by atoms with Gasteiger partial charge in [-0.05, 0) is 49.0 Å². The summed E-state index contributed by atoms with van der Waals surface area (Å²) in [4.78, 5) is 35.2. The van der Waals surface area contributed by atoms with E-state index in [4.69, 9.17) is 39.1 Å². The van der Waals surface area contributed by atoms with Gasteiger partial charge in [-0.2, -0.15) is 0 Å². The molecule has 0 saturated carbocycles. The SMILES string of the molecule is CC(Oc1ccc(Cl)cc1Cl)C(=O)[O-].NC(=[NH2+])SCN1C(=O)c2ccccc2C1=O. The monoisotopic (exact) mass is 469 g/mol. The number of nitrogens with two attached hydrogens (primary N) is 2. The van der Waals surface area contributed by atoms with E-state index in [-0.39, 0.29) is 33.6 Å². The summed E-state index contributed by atoms with van der Waals surface area (Å²) in [7, 11) is 0. The van der Waals surface area contributed by atoms with Crippen molar-refractivity contribution in [2.75, 3.05) is 5.88 Å². The molecule has 158 valence electrons. The van der Waals surface area contributed by atoms with Crippen LogP contribution in [0.5, 0.6) is 5.75 Å². The number of rotatable bonds is 5. The van der Waals surface area contributed by atoms with Crippen molar-refractivity contribution in [3.8, 4) is 5.75 Å². The summed E-state index contributed by atoms with van der Waals surface area (Å²) in [6.07, 6.45) is -1.05. The number of thioether (sulfide) groups is 1. The fraction of sp³-hybridized carbons (Fsp3) is 0.158. The van der Waals surface area contributed by atoms with E-state index < -0.39 is 12.1 Å². The molecule has 0 aromatic heterocycles. The van der Waals surface area contributed by atoms with Crippen molar-refractivity contribution in [2.24, 2.45) is 5.73 Å². The maximum atomic E-state index is 11.8. The number of carbonyl (C=O) groups excluding carboxylic acids is 3. The highest BCUT2D eigenvalue weighted by atomic mass is 35.5. The highest BCUT2D eigenvalue weighted by molar-refractivity contribution is 8.13. The first kappa shape index (κ1) is 23.5. The van der Waals surface area contributed by atoms with Crippen LogP contribution in [0.15, 0.2) is 42.5 Å². The Kier molecular flexibility index (Phi) is 8.10. The lowest BCUT2D eigenvalue weighted by atomic mass is 10.1. The van der Waals surface area contributed by atoms with Crippen molar-refractivity contribution in [3.63, 3.8) is 0 Å². The number of hydrogen-bond donors (Lipinski definition) is 2. The second kappa shape index (κ2) is 10.3. The number of fused-ring (bicyclic) bond motifs is 1. The summed E-state index contributed by atoms with van der Waals surface area (Å²) in [6, 6.07) is 11.3. The molecule has 0 aliphatic carbocycles. The lowest BCUT2D eigenvalue weighted by Crippen LogP contribution is -2.44. The lowest BCUT2D eigenvalue weighted by molar-refractivity contribution is -0.312. The van der Waals surface area contributed by atoms with Gasteiger partial charge >= 0.3 is 5.17 Å². The van der Waals surface area contributed by atoms with Crippen LogP contribution in [-0.4, -0.2) is 39.8 Å². The summed E-state index contributed by atoms with van der Waals surface area (Å²) in [5.41, 5.74) is 6.14. The number of carbonyl (C=O) groups is 3. The summed E-state index contributed by atoms with van der Waals surface area (Å²) in [5.74, 6) is -1.47. The molecule has 4 N–H and O–H groups in total. The number of ether oxygens (including phenoxy) is 1. The normalized spacial score (nSPS) is 13.2. The number of amidine groups is 1. The van der Waals surface area contributed by atoms with Crippen molar-refractivity contribution in [2.45, 2.75) is 13.0 Å². The number of amides is 2. The number of halogens is 2. The van der Waals surface area contributed by atoms with Crippen molar-refractivity contribution < 1.29 is 29.6 Å². The first-order valence-corrected chi connectivity index (χ1v) is 10.1. The Morgan fingerprint density at radius 2 is 1.77 bits per heavy atom. The van der Waals surface area contributed by atoms with Crippen LogP contribution in [0.4, 0.5) is 0 Å². The number of hydrogen-bond acceptors (Lipinski definition) is 6. The standard InChI is InChI=1S/C10H9N3O2S.C9H8Cl2O3/c11-10(12)16-5-13-8(14)6-3-1-2-4-7(6)9(13)15;1-5(9(12)13)14-8-3-2-6(10)4-7(8)11/h1-4H,5H2,(H3,11,12);2-5H,1H3,(H,12,13). The third kappa shape index (κ3) is 5.88. The Hall–Kier alpha value is -2.75. The second-order valence-electron chi connectivity index (χ2n) is 5.91. The summed E-state index contributed by atoms with van der Waals surface area (Å²) < 4.78 is 5.01. The fourth-order valence-corrected chi connectivity index (χ4v) is 3.27. The largest absolute Gasteiger partial charge is 0.546 e. The Morgan fingerprint density at radius 3 is 2.23 bits per heavy atom. The van der Waals surface area contributed by atoms with E-state index in [1.807, 2.05) is 0 Å². The molecular weight excluding hydrogens is 453 g/mol. The number of carboxylic acid groups (broad SMARTS) is 1. The first-order chi connectivity index (χ1) is 14.1. The zero-order valence-corrected chi connectivity index (χ0v) is 18.0. The molecular formula is C19H17Cl2N3O5S. The van der Waals surface area contributed by atoms with Gasteiger partial charge in [0.2, 0.25) is 0 Å². The second-order valence-corrected chi connectivity index (χ2v) is 7.78. The number of nitrogens with zero attached hydrogens (tertiary/aromatic N) is 1. The Morgan fingerprint density at radius 1 is 1.20 bits per heavy atom. The van der Waals surface area contributed by atoms with E-state index in [1.54, 1.807) is 30.3 Å². The molecule has 8 nitrogen and oxygen atoms in total. The molecule has 30 heavy (non-hydrogen) atoms. The van der Waals surface area contributed by atoms with Crippen LogP contribution in [-0.2, 0) is 4.79 Å². The van der Waals surface area contributed by atoms with Crippen molar-refractivity contribution in [1.82, 2.24) is 4.90 Å². The van der Waals surface area contributed by atoms with E-state index in [0.717, 1.165) is 16.7 Å². The maximum absolute atomic E-state index is 11.8. The molecule has 3 rings (SSSR count). The zero-order valence-electron chi connectivity index (χ0n) is 15.6. The minimum atomic E-state index is -1.30. The fourth-order valence-electron chi connectivity index (χ4n) is 2.30. The van der Waals surface area contributed by atoms with Crippen LogP contribution in [0.1, 0.15) is 27.6 Å². The average molecular weight is 470 g/mol. The van der Waals surface area contributed by atoms with Crippen molar-refractivity contribution in [1.29, 1.82) is 0 Å². The molecule has 2 aromatic rings. The van der Waals surface area contributed by atoms with Crippen LogP contribution >= 0.6 is 35.0 Å². The Balaban J connectivity index is 0.000000216. The summed E-state index contributed by atoms with van der Waals surface area (Å²) in [5, 5.41) is 16.5. The topological polar surface area (TPSA) is 138 Å². The minimum absolute atomic E-state index is 0.136. The molecule has 1 atom stereocenters. The summed E-state index contributed by atoms with van der Waals surface area (Å²) in [6.45, 7) is 1.36. The molecule has 1 aliphatic rings. The van der Waals surface area contributed by atoms with Crippen molar-refractivity contribution in [3.05, 3.63) is 63.6 Å². The number of aliphatic carboxylic acids is 1. The maximum Gasteiger partial charge on any atom is 0.301 e. The van der Waals surface area contributed by atoms with Gasteiger partial charge in [0, 0.05) is 5.02 Å². The minimum Gasteiger partial charge on any atom is -0.546 e. The molecule has 1 heterocycles. The molecule has 11 heteroatoms. The van der Waals surface area contributed by atoms with Gasteiger partial charge in [0.1, 0.15) is 11.9 Å². The molecule has 1 unspecified atom stereocenters. The van der Waals surface area contributed by atoms with Crippen LogP contribution in [0, 0.1) is 0 Å². The molecule has 2 amide bonds. The van der Waals surface area contributed by atoms with E-state index in [2.05, 4.69) is 0 Å². The third-order valence-corrected chi connectivity index (χ3v) is 5.02. The van der Waals surface area contributed by atoms with Crippen LogP contribution < -0.4 is 21.0 Å². The van der Waals surface area contributed by atoms with Crippen LogP contribution in [0.3, 0.4) is 0 Å². The van der Waals surface area contributed by atoms with E-state index in [0.29, 0.717) is 16.1 Å². The molecule has 0 fully saturated rings. The van der Waals surface area contributed by atoms with Gasteiger partial charge in [0.05, 0.1) is 28.0 Å². The van der Waals surface area contributed by atoms with Gasteiger partial charge in [-0.15, -0.1) is 0 Å². The predicted octanol–water partition coefficient (Wildman–Crippen LogP) is 0.558. The number of carboxylic acids is 1. The Bertz CT molecular complexity index is 967.